The quantitative estimate of drug-likeness (QED) is 0.204. The lowest BCUT2D eigenvalue weighted by Crippen LogP contribution is -2.25. The van der Waals surface area contributed by atoms with Gasteiger partial charge in [0.2, 0.25) is 11.5 Å². The number of fused-ring (bicyclic) bond motifs is 4. The van der Waals surface area contributed by atoms with Gasteiger partial charge in [-0.05, 0) is 42.5 Å². The molecular formula is C30H22O9. The summed E-state index contributed by atoms with van der Waals surface area (Å²) in [6, 6.07) is 13.4. The standard InChI is InChI=1S/C30H22O9/c1-34-22-10-8-15(28(35-2)30(22)36-3)12-23-27(33)17-9-11-21-25(29(17)39-23)18(13-24(31)38-21)19-14-37-20-7-5-4-6-16(20)26(19)32/h4-12,14,18H,13H2,1-3H3/b23-12-/t18-/m0/s1. The monoisotopic (exact) mass is 526 g/mol. The van der Waals surface area contributed by atoms with Gasteiger partial charge in [0.1, 0.15) is 17.1 Å². The van der Waals surface area contributed by atoms with E-state index in [1.807, 2.05) is 0 Å². The number of ketones is 1. The lowest BCUT2D eigenvalue weighted by molar-refractivity contribution is -0.135. The number of para-hydroxylation sites is 1. The molecule has 1 aromatic heterocycles. The second-order valence-electron chi connectivity index (χ2n) is 8.96. The van der Waals surface area contributed by atoms with Crippen LogP contribution in [-0.4, -0.2) is 33.1 Å². The number of ether oxygens (including phenoxy) is 5. The summed E-state index contributed by atoms with van der Waals surface area (Å²) in [5.74, 6) is 0.0647. The van der Waals surface area contributed by atoms with Crippen LogP contribution in [0.1, 0.15) is 39.4 Å². The topological polar surface area (TPSA) is 111 Å². The summed E-state index contributed by atoms with van der Waals surface area (Å²) in [6.07, 6.45) is 2.79. The number of hydrogen-bond acceptors (Lipinski definition) is 9. The van der Waals surface area contributed by atoms with E-state index in [9.17, 15) is 14.4 Å². The molecule has 0 bridgehead atoms. The minimum Gasteiger partial charge on any atom is -0.493 e. The highest BCUT2D eigenvalue weighted by atomic mass is 16.5. The molecule has 196 valence electrons. The lowest BCUT2D eigenvalue weighted by atomic mass is 9.85. The molecule has 2 aliphatic rings. The van der Waals surface area contributed by atoms with Gasteiger partial charge in [-0.2, -0.15) is 0 Å². The number of benzene rings is 3. The molecule has 0 amide bonds. The van der Waals surface area contributed by atoms with Crippen molar-refractivity contribution in [2.45, 2.75) is 12.3 Å². The molecule has 1 atom stereocenters. The van der Waals surface area contributed by atoms with E-state index in [0.29, 0.717) is 39.3 Å². The van der Waals surface area contributed by atoms with Crippen molar-refractivity contribution in [2.24, 2.45) is 0 Å². The lowest BCUT2D eigenvalue weighted by Gasteiger charge is -2.25. The second-order valence-corrected chi connectivity index (χ2v) is 8.96. The largest absolute Gasteiger partial charge is 0.493 e. The molecule has 9 nitrogen and oxygen atoms in total. The van der Waals surface area contributed by atoms with Gasteiger partial charge in [0.25, 0.3) is 0 Å². The van der Waals surface area contributed by atoms with Crippen molar-refractivity contribution in [2.75, 3.05) is 21.3 Å². The third-order valence-corrected chi connectivity index (χ3v) is 6.88. The van der Waals surface area contributed by atoms with Crippen LogP contribution in [0.3, 0.4) is 0 Å². The van der Waals surface area contributed by atoms with Crippen LogP contribution in [0, 0.1) is 0 Å². The molecule has 39 heavy (non-hydrogen) atoms. The molecule has 0 saturated heterocycles. The minimum atomic E-state index is -0.736. The molecule has 3 aromatic carbocycles. The minimum absolute atomic E-state index is 0.0325. The summed E-state index contributed by atoms with van der Waals surface area (Å²) in [7, 11) is 4.48. The first-order valence-corrected chi connectivity index (χ1v) is 12.1. The van der Waals surface area contributed by atoms with Crippen LogP contribution in [0.5, 0.6) is 28.7 Å². The van der Waals surface area contributed by atoms with E-state index in [4.69, 9.17) is 28.1 Å². The van der Waals surface area contributed by atoms with E-state index in [-0.39, 0.29) is 46.0 Å². The summed E-state index contributed by atoms with van der Waals surface area (Å²) in [6.45, 7) is 0. The van der Waals surface area contributed by atoms with Crippen molar-refractivity contribution < 1.29 is 37.7 Å². The van der Waals surface area contributed by atoms with E-state index < -0.39 is 11.9 Å². The van der Waals surface area contributed by atoms with Crippen molar-refractivity contribution in [3.63, 3.8) is 0 Å². The van der Waals surface area contributed by atoms with Crippen molar-refractivity contribution >= 4 is 28.8 Å². The van der Waals surface area contributed by atoms with Gasteiger partial charge in [0, 0.05) is 22.6 Å². The molecular weight excluding hydrogens is 504 g/mol. The summed E-state index contributed by atoms with van der Waals surface area (Å²) in [5, 5.41) is 0.390. The maximum absolute atomic E-state index is 13.4. The van der Waals surface area contributed by atoms with Crippen LogP contribution in [0.15, 0.2) is 69.8 Å². The molecule has 9 heteroatoms. The van der Waals surface area contributed by atoms with Crippen LogP contribution in [-0.2, 0) is 4.79 Å². The highest BCUT2D eigenvalue weighted by molar-refractivity contribution is 6.15. The van der Waals surface area contributed by atoms with Gasteiger partial charge in [-0.3, -0.25) is 14.4 Å². The van der Waals surface area contributed by atoms with Gasteiger partial charge < -0.3 is 28.1 Å². The van der Waals surface area contributed by atoms with E-state index in [1.54, 1.807) is 54.6 Å². The van der Waals surface area contributed by atoms with E-state index in [2.05, 4.69) is 0 Å². The fraction of sp³-hybridized carbons (Fsp3) is 0.167. The first-order valence-electron chi connectivity index (χ1n) is 12.1. The molecule has 0 radical (unpaired) electrons. The fourth-order valence-corrected chi connectivity index (χ4v) is 5.08. The zero-order valence-electron chi connectivity index (χ0n) is 21.2. The number of allylic oxidation sites excluding steroid dienone is 1. The molecule has 4 aromatic rings. The summed E-state index contributed by atoms with van der Waals surface area (Å²) >= 11 is 0. The van der Waals surface area contributed by atoms with Crippen molar-refractivity contribution in [1.29, 1.82) is 0 Å². The van der Waals surface area contributed by atoms with Crippen LogP contribution in [0.25, 0.3) is 17.0 Å². The summed E-state index contributed by atoms with van der Waals surface area (Å²) in [5.41, 5.74) is 1.69. The number of rotatable bonds is 5. The maximum atomic E-state index is 13.4. The zero-order chi connectivity index (χ0) is 27.3. The second kappa shape index (κ2) is 9.36. The average molecular weight is 526 g/mol. The molecule has 0 fully saturated rings. The molecule has 0 unspecified atom stereocenters. The van der Waals surface area contributed by atoms with Gasteiger partial charge >= 0.3 is 5.97 Å². The van der Waals surface area contributed by atoms with Crippen molar-refractivity contribution in [3.05, 3.63) is 93.0 Å². The van der Waals surface area contributed by atoms with Gasteiger partial charge in [-0.25, -0.2) is 0 Å². The average Bonchev–Trinajstić information content (AvgIpc) is 3.27. The Kier molecular flexibility index (Phi) is 5.83. The molecule has 0 aliphatic carbocycles. The maximum Gasteiger partial charge on any atom is 0.312 e. The molecule has 3 heterocycles. The Labute approximate surface area is 222 Å². The van der Waals surface area contributed by atoms with Crippen LogP contribution < -0.4 is 29.1 Å². The van der Waals surface area contributed by atoms with Crippen LogP contribution in [0.2, 0.25) is 0 Å². The van der Waals surface area contributed by atoms with E-state index in [1.165, 1.54) is 27.6 Å². The first kappa shape index (κ1) is 24.3. The number of esters is 1. The smallest absolute Gasteiger partial charge is 0.312 e. The molecule has 6 rings (SSSR count). The number of carbonyl (C=O) groups excluding carboxylic acids is 2. The highest BCUT2D eigenvalue weighted by Crippen LogP contribution is 2.49. The molecule has 2 aliphatic heterocycles. The Hall–Kier alpha value is -5.05. The van der Waals surface area contributed by atoms with Crippen molar-refractivity contribution in [3.8, 4) is 28.7 Å². The van der Waals surface area contributed by atoms with Gasteiger partial charge in [-0.1, -0.05) is 12.1 Å². The Morgan fingerprint density at radius 2 is 1.67 bits per heavy atom. The predicted molar refractivity (Wildman–Crippen MR) is 140 cm³/mol. The van der Waals surface area contributed by atoms with E-state index >= 15 is 0 Å². The van der Waals surface area contributed by atoms with E-state index in [0.717, 1.165) is 0 Å². The number of Topliss-reactive ketones (excluding diaryl/α,β-unsaturated/α-hetero) is 1. The van der Waals surface area contributed by atoms with Crippen LogP contribution >= 0.6 is 0 Å². The Morgan fingerprint density at radius 1 is 0.872 bits per heavy atom. The molecule has 0 saturated carbocycles. The van der Waals surface area contributed by atoms with Gasteiger partial charge in [-0.15, -0.1) is 0 Å². The van der Waals surface area contributed by atoms with Crippen LogP contribution in [0.4, 0.5) is 0 Å². The number of methoxy groups -OCH3 is 3. The Bertz CT molecular complexity index is 1760. The SMILES string of the molecule is COc1ccc(/C=C2\Oc3c(ccc4c3[C@H](c3coc5ccccc5c3=O)CC(=O)O4)C2=O)c(OC)c1OC. The third kappa shape index (κ3) is 3.82. The summed E-state index contributed by atoms with van der Waals surface area (Å²) < 4.78 is 33.7. The Balaban J connectivity index is 1.48. The molecule has 0 N–H and O–H groups in total. The summed E-state index contributed by atoms with van der Waals surface area (Å²) in [4.78, 5) is 39.4. The highest BCUT2D eigenvalue weighted by Gasteiger charge is 2.40. The molecule has 0 spiro atoms. The third-order valence-electron chi connectivity index (χ3n) is 6.88. The van der Waals surface area contributed by atoms with Crippen molar-refractivity contribution in [1.82, 2.24) is 0 Å². The Morgan fingerprint density at radius 3 is 2.44 bits per heavy atom. The fourth-order valence-electron chi connectivity index (χ4n) is 5.08. The number of hydrogen-bond donors (Lipinski definition) is 0. The van der Waals surface area contributed by atoms with Gasteiger partial charge in [0.05, 0.1) is 45.0 Å². The first-order chi connectivity index (χ1) is 18.9. The predicted octanol–water partition coefficient (Wildman–Crippen LogP) is 4.88. The number of carbonyl (C=O) groups is 2. The normalized spacial score (nSPS) is 16.9. The zero-order valence-corrected chi connectivity index (χ0v) is 21.2. The van der Waals surface area contributed by atoms with Gasteiger partial charge in [0.15, 0.2) is 22.7 Å².